The first kappa shape index (κ1) is 16.6. The second-order valence-corrected chi connectivity index (χ2v) is 7.44. The molecule has 1 nitrogen and oxygen atoms in total. The minimum atomic E-state index is 0.686. The van der Waals surface area contributed by atoms with E-state index in [1.165, 1.54) is 77.0 Å². The third-order valence-corrected chi connectivity index (χ3v) is 6.03. The van der Waals surface area contributed by atoms with Crippen LogP contribution in [0.15, 0.2) is 12.2 Å². The van der Waals surface area contributed by atoms with Gasteiger partial charge in [-0.25, -0.2) is 0 Å². The predicted molar refractivity (Wildman–Crippen MR) is 89.8 cm³/mol. The molecule has 0 aromatic rings. The summed E-state index contributed by atoms with van der Waals surface area (Å²) in [6.07, 6.45) is 21.0. The molecule has 2 fully saturated rings. The fourth-order valence-corrected chi connectivity index (χ4v) is 4.62. The van der Waals surface area contributed by atoms with Crippen molar-refractivity contribution in [1.82, 2.24) is 0 Å². The molecule has 0 aromatic carbocycles. The molecule has 2 aliphatic rings. The average Bonchev–Trinajstić information content (AvgIpc) is 2.54. The summed E-state index contributed by atoms with van der Waals surface area (Å²) < 4.78 is 0. The minimum Gasteiger partial charge on any atom is -0.193 e. The van der Waals surface area contributed by atoms with Gasteiger partial charge >= 0.3 is 0 Å². The van der Waals surface area contributed by atoms with Crippen LogP contribution < -0.4 is 0 Å². The molecule has 0 heterocycles. The van der Waals surface area contributed by atoms with Crippen molar-refractivity contribution in [3.63, 3.8) is 0 Å². The Labute approximate surface area is 131 Å². The summed E-state index contributed by atoms with van der Waals surface area (Å²) in [6.45, 7) is 2.30. The van der Waals surface area contributed by atoms with Gasteiger partial charge in [0.05, 0.1) is 6.07 Å². The van der Waals surface area contributed by atoms with Gasteiger partial charge < -0.3 is 0 Å². The molecule has 2 saturated carbocycles. The maximum absolute atomic E-state index is 8.62. The molecule has 2 rings (SSSR count). The number of hydrogen-bond donors (Lipinski definition) is 0. The van der Waals surface area contributed by atoms with E-state index in [1.54, 1.807) is 6.08 Å². The van der Waals surface area contributed by atoms with Gasteiger partial charge in [0, 0.05) is 6.08 Å². The van der Waals surface area contributed by atoms with Gasteiger partial charge in [-0.15, -0.1) is 0 Å². The molecule has 0 spiro atoms. The molecule has 0 N–H and O–H groups in total. The van der Waals surface area contributed by atoms with E-state index in [2.05, 4.69) is 19.1 Å². The summed E-state index contributed by atoms with van der Waals surface area (Å²) in [4.78, 5) is 0. The Morgan fingerprint density at radius 3 is 2.10 bits per heavy atom. The Balaban J connectivity index is 1.65. The second-order valence-electron chi connectivity index (χ2n) is 7.44. The molecule has 0 radical (unpaired) electrons. The first-order valence-corrected chi connectivity index (χ1v) is 9.39. The molecule has 0 aromatic heterocycles. The van der Waals surface area contributed by atoms with Crippen molar-refractivity contribution in [2.75, 3.05) is 0 Å². The van der Waals surface area contributed by atoms with Gasteiger partial charge in [-0.3, -0.25) is 0 Å². The Morgan fingerprint density at radius 1 is 0.905 bits per heavy atom. The topological polar surface area (TPSA) is 23.8 Å². The molecule has 0 unspecified atom stereocenters. The lowest BCUT2D eigenvalue weighted by molar-refractivity contribution is 0.151. The third-order valence-electron chi connectivity index (χ3n) is 6.03. The standard InChI is InChI=1S/C20H33N/c1-2-3-4-6-17-8-12-19(13-9-17)20-14-10-18(11-15-20)7-5-16-21/h5,7,17-20H,2-4,6,8-15H2,1H3/t17-,18?,19-,20?. The van der Waals surface area contributed by atoms with Crippen LogP contribution >= 0.6 is 0 Å². The van der Waals surface area contributed by atoms with E-state index in [4.69, 9.17) is 5.26 Å². The Hall–Kier alpha value is -0.770. The molecule has 0 aliphatic heterocycles. The van der Waals surface area contributed by atoms with Crippen molar-refractivity contribution in [3.8, 4) is 6.07 Å². The van der Waals surface area contributed by atoms with Crippen molar-refractivity contribution < 1.29 is 0 Å². The van der Waals surface area contributed by atoms with E-state index in [0.29, 0.717) is 5.92 Å². The Morgan fingerprint density at radius 2 is 1.52 bits per heavy atom. The van der Waals surface area contributed by atoms with Crippen molar-refractivity contribution in [1.29, 1.82) is 5.26 Å². The molecule has 2 aliphatic carbocycles. The molecule has 0 amide bonds. The highest BCUT2D eigenvalue weighted by Crippen LogP contribution is 2.42. The number of nitriles is 1. The van der Waals surface area contributed by atoms with Crippen molar-refractivity contribution in [2.45, 2.75) is 84.0 Å². The van der Waals surface area contributed by atoms with E-state index in [0.717, 1.165) is 17.8 Å². The maximum atomic E-state index is 8.62. The SMILES string of the molecule is CCCCC[C@H]1CC[C@H](C2CCC(C=CC#N)CC2)CC1. The van der Waals surface area contributed by atoms with Crippen molar-refractivity contribution in [2.24, 2.45) is 23.7 Å². The molecule has 0 atom stereocenters. The van der Waals surface area contributed by atoms with Crippen LogP contribution in [-0.4, -0.2) is 0 Å². The van der Waals surface area contributed by atoms with Crippen LogP contribution in [-0.2, 0) is 0 Å². The zero-order chi connectivity index (χ0) is 14.9. The quantitative estimate of drug-likeness (QED) is 0.418. The normalized spacial score (nSPS) is 33.9. The number of rotatable bonds is 6. The lowest BCUT2D eigenvalue weighted by atomic mass is 9.68. The number of allylic oxidation sites excluding steroid dienone is 2. The smallest absolute Gasteiger partial charge is 0.0908 e. The first-order chi connectivity index (χ1) is 10.3. The first-order valence-electron chi connectivity index (χ1n) is 9.39. The fourth-order valence-electron chi connectivity index (χ4n) is 4.62. The predicted octanol–water partition coefficient (Wildman–Crippen LogP) is 6.26. The zero-order valence-corrected chi connectivity index (χ0v) is 13.9. The van der Waals surface area contributed by atoms with Gasteiger partial charge in [-0.05, 0) is 62.2 Å². The van der Waals surface area contributed by atoms with Gasteiger partial charge in [-0.2, -0.15) is 5.26 Å². The van der Waals surface area contributed by atoms with Crippen LogP contribution in [0.25, 0.3) is 0 Å². The van der Waals surface area contributed by atoms with Crippen LogP contribution in [0.2, 0.25) is 0 Å². The monoisotopic (exact) mass is 287 g/mol. The van der Waals surface area contributed by atoms with Crippen LogP contribution in [0, 0.1) is 35.0 Å². The number of unbranched alkanes of at least 4 members (excludes halogenated alkanes) is 2. The minimum absolute atomic E-state index is 0.686. The lowest BCUT2D eigenvalue weighted by Crippen LogP contribution is -2.25. The van der Waals surface area contributed by atoms with Crippen LogP contribution in [0.4, 0.5) is 0 Å². The maximum Gasteiger partial charge on any atom is 0.0908 e. The highest BCUT2D eigenvalue weighted by Gasteiger charge is 2.30. The highest BCUT2D eigenvalue weighted by molar-refractivity contribution is 5.04. The number of hydrogen-bond acceptors (Lipinski definition) is 1. The number of nitrogens with zero attached hydrogens (tertiary/aromatic N) is 1. The molecular formula is C20H33N. The summed E-state index contributed by atoms with van der Waals surface area (Å²) in [6, 6.07) is 2.13. The van der Waals surface area contributed by atoms with Crippen LogP contribution in [0.5, 0.6) is 0 Å². The molecule has 1 heteroatoms. The van der Waals surface area contributed by atoms with Gasteiger partial charge in [0.2, 0.25) is 0 Å². The van der Waals surface area contributed by atoms with Crippen LogP contribution in [0.1, 0.15) is 84.0 Å². The molecule has 0 bridgehead atoms. The van der Waals surface area contributed by atoms with E-state index < -0.39 is 0 Å². The van der Waals surface area contributed by atoms with E-state index in [1.807, 2.05) is 0 Å². The molecule has 118 valence electrons. The molecular weight excluding hydrogens is 254 g/mol. The summed E-state index contributed by atoms with van der Waals surface area (Å²) in [5.41, 5.74) is 0. The lowest BCUT2D eigenvalue weighted by Gasteiger charge is -2.37. The summed E-state index contributed by atoms with van der Waals surface area (Å²) in [5.74, 6) is 3.75. The van der Waals surface area contributed by atoms with Gasteiger partial charge in [-0.1, -0.05) is 51.5 Å². The highest BCUT2D eigenvalue weighted by atomic mass is 14.4. The fraction of sp³-hybridized carbons (Fsp3) is 0.850. The molecule has 0 saturated heterocycles. The Kier molecular flexibility index (Phi) is 7.34. The van der Waals surface area contributed by atoms with Crippen molar-refractivity contribution in [3.05, 3.63) is 12.2 Å². The summed E-state index contributed by atoms with van der Waals surface area (Å²) in [5, 5.41) is 8.62. The van der Waals surface area contributed by atoms with Gasteiger partial charge in [0.25, 0.3) is 0 Å². The third kappa shape index (κ3) is 5.50. The largest absolute Gasteiger partial charge is 0.193 e. The molecule has 21 heavy (non-hydrogen) atoms. The summed E-state index contributed by atoms with van der Waals surface area (Å²) >= 11 is 0. The average molecular weight is 287 g/mol. The van der Waals surface area contributed by atoms with E-state index >= 15 is 0 Å². The van der Waals surface area contributed by atoms with Crippen molar-refractivity contribution >= 4 is 0 Å². The summed E-state index contributed by atoms with van der Waals surface area (Å²) in [7, 11) is 0. The van der Waals surface area contributed by atoms with Crippen LogP contribution in [0.3, 0.4) is 0 Å². The van der Waals surface area contributed by atoms with Gasteiger partial charge in [0.15, 0.2) is 0 Å². The second kappa shape index (κ2) is 9.29. The van der Waals surface area contributed by atoms with E-state index in [9.17, 15) is 0 Å². The van der Waals surface area contributed by atoms with E-state index in [-0.39, 0.29) is 0 Å². The zero-order valence-electron chi connectivity index (χ0n) is 13.9. The van der Waals surface area contributed by atoms with Gasteiger partial charge in [0.1, 0.15) is 0 Å². The Bertz CT molecular complexity index is 335.